The third-order valence-electron chi connectivity index (χ3n) is 3.10. The molecule has 2 aromatic heterocycles. The van der Waals surface area contributed by atoms with Crippen LogP contribution in [0.5, 0.6) is 5.88 Å². The van der Waals surface area contributed by atoms with Gasteiger partial charge in [-0.2, -0.15) is 5.10 Å². The molecule has 100 valence electrons. The Morgan fingerprint density at radius 2 is 1.90 bits per heavy atom. The largest absolute Gasteiger partial charge is 0.481 e. The van der Waals surface area contributed by atoms with Crippen LogP contribution in [-0.4, -0.2) is 22.3 Å². The SMILES string of the molecule is COc1cc(Cc2nnc(Cl)c3ccccc23)ccn1. The summed E-state index contributed by atoms with van der Waals surface area (Å²) in [6, 6.07) is 11.7. The summed E-state index contributed by atoms with van der Waals surface area (Å²) in [5.41, 5.74) is 1.96. The lowest BCUT2D eigenvalue weighted by Gasteiger charge is -2.07. The van der Waals surface area contributed by atoms with Crippen molar-refractivity contribution < 1.29 is 4.74 Å². The van der Waals surface area contributed by atoms with Crippen molar-refractivity contribution in [2.45, 2.75) is 6.42 Å². The standard InChI is InChI=1S/C15H12ClN3O/c1-20-14-9-10(6-7-17-14)8-13-11-4-2-3-5-12(11)15(16)19-18-13/h2-7,9H,8H2,1H3. The molecule has 20 heavy (non-hydrogen) atoms. The van der Waals surface area contributed by atoms with Gasteiger partial charge in [-0.05, 0) is 11.6 Å². The molecule has 1 aromatic carbocycles. The van der Waals surface area contributed by atoms with Crippen LogP contribution in [0.1, 0.15) is 11.3 Å². The van der Waals surface area contributed by atoms with Crippen molar-refractivity contribution in [2.75, 3.05) is 7.11 Å². The van der Waals surface area contributed by atoms with Crippen molar-refractivity contribution in [3.05, 3.63) is 59.0 Å². The lowest BCUT2D eigenvalue weighted by molar-refractivity contribution is 0.397. The molecule has 0 radical (unpaired) electrons. The van der Waals surface area contributed by atoms with Crippen LogP contribution in [0.15, 0.2) is 42.6 Å². The zero-order valence-electron chi connectivity index (χ0n) is 10.9. The average Bonchev–Trinajstić information content (AvgIpc) is 2.51. The molecule has 5 heteroatoms. The van der Waals surface area contributed by atoms with Gasteiger partial charge in [0.2, 0.25) is 5.88 Å². The zero-order chi connectivity index (χ0) is 13.9. The number of hydrogen-bond acceptors (Lipinski definition) is 4. The molecule has 0 aliphatic carbocycles. The normalized spacial score (nSPS) is 10.7. The van der Waals surface area contributed by atoms with E-state index in [1.807, 2.05) is 36.4 Å². The van der Waals surface area contributed by atoms with Gasteiger partial charge >= 0.3 is 0 Å². The molecular formula is C15H12ClN3O. The van der Waals surface area contributed by atoms with E-state index in [0.29, 0.717) is 17.5 Å². The highest BCUT2D eigenvalue weighted by molar-refractivity contribution is 6.34. The number of pyridine rings is 1. The van der Waals surface area contributed by atoms with Crippen LogP contribution in [0.4, 0.5) is 0 Å². The molecule has 2 heterocycles. The van der Waals surface area contributed by atoms with E-state index in [0.717, 1.165) is 22.0 Å². The first-order valence-electron chi connectivity index (χ1n) is 6.16. The molecular weight excluding hydrogens is 274 g/mol. The quantitative estimate of drug-likeness (QED) is 0.741. The van der Waals surface area contributed by atoms with Crippen LogP contribution in [0.25, 0.3) is 10.8 Å². The monoisotopic (exact) mass is 285 g/mol. The van der Waals surface area contributed by atoms with Crippen molar-refractivity contribution in [3.8, 4) is 5.88 Å². The van der Waals surface area contributed by atoms with E-state index >= 15 is 0 Å². The fourth-order valence-electron chi connectivity index (χ4n) is 2.12. The van der Waals surface area contributed by atoms with E-state index in [1.54, 1.807) is 13.3 Å². The maximum atomic E-state index is 6.08. The second kappa shape index (κ2) is 5.43. The molecule has 4 nitrogen and oxygen atoms in total. The molecule has 0 amide bonds. The highest BCUT2D eigenvalue weighted by Gasteiger charge is 2.08. The van der Waals surface area contributed by atoms with E-state index in [4.69, 9.17) is 16.3 Å². The second-order valence-electron chi connectivity index (χ2n) is 4.37. The minimum absolute atomic E-state index is 0.427. The first kappa shape index (κ1) is 12.8. The van der Waals surface area contributed by atoms with Crippen molar-refractivity contribution in [2.24, 2.45) is 0 Å². The van der Waals surface area contributed by atoms with Crippen LogP contribution in [0.3, 0.4) is 0 Å². The van der Waals surface area contributed by atoms with Crippen molar-refractivity contribution in [1.82, 2.24) is 15.2 Å². The van der Waals surface area contributed by atoms with Crippen LogP contribution in [0, 0.1) is 0 Å². The Hall–Kier alpha value is -2.20. The topological polar surface area (TPSA) is 47.9 Å². The molecule has 3 rings (SSSR count). The van der Waals surface area contributed by atoms with Gasteiger partial charge in [0.15, 0.2) is 5.15 Å². The Bertz CT molecular complexity index is 761. The summed E-state index contributed by atoms with van der Waals surface area (Å²) in [5, 5.41) is 10.6. The highest BCUT2D eigenvalue weighted by atomic mass is 35.5. The predicted octanol–water partition coefficient (Wildman–Crippen LogP) is 3.28. The van der Waals surface area contributed by atoms with Crippen molar-refractivity contribution in [3.63, 3.8) is 0 Å². The Balaban J connectivity index is 2.04. The summed E-state index contributed by atoms with van der Waals surface area (Å²) in [6.07, 6.45) is 2.38. The number of methoxy groups -OCH3 is 1. The third kappa shape index (κ3) is 2.42. The maximum absolute atomic E-state index is 6.08. The molecule has 0 fully saturated rings. The maximum Gasteiger partial charge on any atom is 0.213 e. The van der Waals surface area contributed by atoms with Gasteiger partial charge in [-0.15, -0.1) is 5.10 Å². The first-order chi connectivity index (χ1) is 9.78. The molecule has 0 atom stereocenters. The van der Waals surface area contributed by atoms with Crippen LogP contribution >= 0.6 is 11.6 Å². The van der Waals surface area contributed by atoms with Gasteiger partial charge in [0, 0.05) is 29.5 Å². The summed E-state index contributed by atoms with van der Waals surface area (Å²) >= 11 is 6.08. The predicted molar refractivity (Wildman–Crippen MR) is 78.1 cm³/mol. The van der Waals surface area contributed by atoms with Gasteiger partial charge in [0.1, 0.15) is 0 Å². The molecule has 0 saturated heterocycles. The molecule has 0 aliphatic rings. The minimum atomic E-state index is 0.427. The molecule has 0 unspecified atom stereocenters. The fraction of sp³-hybridized carbons (Fsp3) is 0.133. The lowest BCUT2D eigenvalue weighted by atomic mass is 10.1. The summed E-state index contributed by atoms with van der Waals surface area (Å²) < 4.78 is 5.13. The number of ether oxygens (including phenoxy) is 1. The number of benzene rings is 1. The van der Waals surface area contributed by atoms with Crippen LogP contribution in [-0.2, 0) is 6.42 Å². The van der Waals surface area contributed by atoms with Gasteiger partial charge in [-0.1, -0.05) is 35.9 Å². The summed E-state index contributed by atoms with van der Waals surface area (Å²) in [7, 11) is 1.60. The number of fused-ring (bicyclic) bond motifs is 1. The third-order valence-corrected chi connectivity index (χ3v) is 3.38. The van der Waals surface area contributed by atoms with Crippen molar-refractivity contribution >= 4 is 22.4 Å². The molecule has 0 aliphatic heterocycles. The number of halogens is 1. The fourth-order valence-corrected chi connectivity index (χ4v) is 2.33. The van der Waals surface area contributed by atoms with Gasteiger partial charge in [-0.25, -0.2) is 4.98 Å². The van der Waals surface area contributed by atoms with E-state index in [1.165, 1.54) is 0 Å². The highest BCUT2D eigenvalue weighted by Crippen LogP contribution is 2.24. The Morgan fingerprint density at radius 1 is 1.10 bits per heavy atom. The molecule has 0 saturated carbocycles. The zero-order valence-corrected chi connectivity index (χ0v) is 11.6. The Kier molecular flexibility index (Phi) is 3.48. The average molecular weight is 286 g/mol. The molecule has 0 bridgehead atoms. The minimum Gasteiger partial charge on any atom is -0.481 e. The van der Waals surface area contributed by atoms with Gasteiger partial charge in [0.05, 0.1) is 12.8 Å². The van der Waals surface area contributed by atoms with E-state index in [9.17, 15) is 0 Å². The first-order valence-corrected chi connectivity index (χ1v) is 6.54. The van der Waals surface area contributed by atoms with Crippen molar-refractivity contribution in [1.29, 1.82) is 0 Å². The number of nitrogens with zero attached hydrogens (tertiary/aromatic N) is 3. The van der Waals surface area contributed by atoms with Crippen LogP contribution < -0.4 is 4.74 Å². The molecule has 0 spiro atoms. The van der Waals surface area contributed by atoms with E-state index in [-0.39, 0.29) is 0 Å². The van der Waals surface area contributed by atoms with Gasteiger partial charge < -0.3 is 4.74 Å². The lowest BCUT2D eigenvalue weighted by Crippen LogP contribution is -1.98. The number of hydrogen-bond donors (Lipinski definition) is 0. The molecule has 0 N–H and O–H groups in total. The van der Waals surface area contributed by atoms with Crippen LogP contribution in [0.2, 0.25) is 5.15 Å². The smallest absolute Gasteiger partial charge is 0.213 e. The number of rotatable bonds is 3. The number of aromatic nitrogens is 3. The van der Waals surface area contributed by atoms with Gasteiger partial charge in [0.25, 0.3) is 0 Å². The Labute approximate surface area is 121 Å². The van der Waals surface area contributed by atoms with E-state index in [2.05, 4.69) is 15.2 Å². The summed E-state index contributed by atoms with van der Waals surface area (Å²) in [4.78, 5) is 4.10. The second-order valence-corrected chi connectivity index (χ2v) is 4.72. The molecule has 3 aromatic rings. The van der Waals surface area contributed by atoms with Gasteiger partial charge in [-0.3, -0.25) is 0 Å². The van der Waals surface area contributed by atoms with E-state index < -0.39 is 0 Å². The Morgan fingerprint density at radius 3 is 2.70 bits per heavy atom. The summed E-state index contributed by atoms with van der Waals surface area (Å²) in [5.74, 6) is 0.591. The summed E-state index contributed by atoms with van der Waals surface area (Å²) in [6.45, 7) is 0.